The number of carbonyl (C=O) groups is 1. The predicted octanol–water partition coefficient (Wildman–Crippen LogP) is 0.460. The average Bonchev–Trinajstić information content (AvgIpc) is 2.85. The zero-order valence-corrected chi connectivity index (χ0v) is 17.9. The van der Waals surface area contributed by atoms with Gasteiger partial charge < -0.3 is 16.5 Å². The number of nitrogens with zero attached hydrogens (tertiary/aromatic N) is 2. The van der Waals surface area contributed by atoms with E-state index in [1.54, 1.807) is 19.1 Å². The number of nitrogens with two attached hydrogens (primary N) is 2. The van der Waals surface area contributed by atoms with Gasteiger partial charge in [-0.15, -0.1) is 0 Å². The van der Waals surface area contributed by atoms with Crippen molar-refractivity contribution in [1.82, 2.24) is 9.97 Å². The number of H-pyrrole nitrogens is 1. The van der Waals surface area contributed by atoms with Gasteiger partial charge in [0.1, 0.15) is 5.82 Å². The molecule has 0 atom stereocenters. The van der Waals surface area contributed by atoms with Gasteiger partial charge in [0.05, 0.1) is 17.5 Å². The van der Waals surface area contributed by atoms with E-state index in [1.165, 1.54) is 0 Å². The van der Waals surface area contributed by atoms with Crippen molar-refractivity contribution >= 4 is 43.7 Å². The number of amides is 1. The van der Waals surface area contributed by atoms with E-state index in [-0.39, 0.29) is 11.7 Å². The van der Waals surface area contributed by atoms with Crippen LogP contribution < -0.4 is 11.5 Å². The van der Waals surface area contributed by atoms with Gasteiger partial charge in [-0.1, -0.05) is 23.7 Å². The average molecular weight is 470 g/mol. The zero-order valence-electron chi connectivity index (χ0n) is 15.5. The molecule has 1 aromatic heterocycles. The minimum absolute atomic E-state index is 0.170. The first kappa shape index (κ1) is 26.5. The standard InChI is InChI=1S/C12H12ClN5O.2CH4O3S/c1-6-9(11(19)18-12(14)15)17-10(16-6)7-4-2-3-5-8(7)13;2*1-5(2,3)4/h2-5H,1H3,(H,16,17)(H4,14,15,18,19);2*1H3,(H,2,3,4). The van der Waals surface area contributed by atoms with Crippen LogP contribution in [0.1, 0.15) is 16.2 Å². The first-order chi connectivity index (χ1) is 13.0. The summed E-state index contributed by atoms with van der Waals surface area (Å²) in [6.45, 7) is 1.71. The van der Waals surface area contributed by atoms with Gasteiger partial charge in [-0.2, -0.15) is 21.8 Å². The van der Waals surface area contributed by atoms with Crippen LogP contribution in [0, 0.1) is 6.92 Å². The number of aryl methyl sites for hydroxylation is 1. The Balaban J connectivity index is 0.000000653. The van der Waals surface area contributed by atoms with Crippen molar-refractivity contribution in [1.29, 1.82) is 0 Å². The van der Waals surface area contributed by atoms with Crippen molar-refractivity contribution in [2.75, 3.05) is 12.5 Å². The van der Waals surface area contributed by atoms with Crippen LogP contribution in [-0.4, -0.2) is 60.3 Å². The Hall–Kier alpha value is -2.52. The molecule has 0 aliphatic rings. The topological polar surface area (TPSA) is 219 Å². The van der Waals surface area contributed by atoms with Crippen molar-refractivity contribution in [3.8, 4) is 11.4 Å². The van der Waals surface area contributed by atoms with E-state index < -0.39 is 26.1 Å². The van der Waals surface area contributed by atoms with E-state index in [4.69, 9.17) is 32.2 Å². The predicted molar refractivity (Wildman–Crippen MR) is 109 cm³/mol. The van der Waals surface area contributed by atoms with Gasteiger partial charge in [0.15, 0.2) is 11.7 Å². The number of carbonyl (C=O) groups excluding carboxylic acids is 1. The molecule has 2 rings (SSSR count). The Morgan fingerprint density at radius 2 is 1.55 bits per heavy atom. The van der Waals surface area contributed by atoms with Crippen molar-refractivity contribution < 1.29 is 30.7 Å². The van der Waals surface area contributed by atoms with E-state index in [0.717, 1.165) is 0 Å². The van der Waals surface area contributed by atoms with Crippen LogP contribution in [0.15, 0.2) is 29.3 Å². The van der Waals surface area contributed by atoms with Gasteiger partial charge in [-0.05, 0) is 19.1 Å². The molecule has 1 amide bonds. The Morgan fingerprint density at radius 3 is 1.97 bits per heavy atom. The molecule has 0 radical (unpaired) electrons. The molecule has 0 aliphatic heterocycles. The van der Waals surface area contributed by atoms with Crippen LogP contribution in [0.2, 0.25) is 5.02 Å². The number of aromatic nitrogens is 2. The Labute approximate surface area is 172 Å². The van der Waals surface area contributed by atoms with Gasteiger partial charge in [-0.3, -0.25) is 13.9 Å². The van der Waals surface area contributed by atoms with Crippen LogP contribution in [0.25, 0.3) is 11.4 Å². The van der Waals surface area contributed by atoms with Crippen LogP contribution in [0.5, 0.6) is 0 Å². The number of aliphatic imine (C=N–C) groups is 1. The molecular formula is C14H20ClN5O7S2. The number of aromatic amines is 1. The summed E-state index contributed by atoms with van der Waals surface area (Å²) in [6.07, 6.45) is 1.43. The second-order valence-corrected chi connectivity index (χ2v) is 8.69. The van der Waals surface area contributed by atoms with Gasteiger partial charge in [0.2, 0.25) is 0 Å². The highest BCUT2D eigenvalue weighted by Crippen LogP contribution is 2.26. The normalized spacial score (nSPS) is 10.7. The van der Waals surface area contributed by atoms with Crippen LogP contribution >= 0.6 is 11.6 Å². The molecule has 1 aromatic carbocycles. The zero-order chi connectivity index (χ0) is 23.0. The van der Waals surface area contributed by atoms with Crippen LogP contribution in [0.3, 0.4) is 0 Å². The van der Waals surface area contributed by atoms with E-state index in [2.05, 4.69) is 15.0 Å². The number of nitrogens with one attached hydrogen (secondary N) is 1. The summed E-state index contributed by atoms with van der Waals surface area (Å²) in [7, 11) is -7.33. The van der Waals surface area contributed by atoms with E-state index in [0.29, 0.717) is 34.6 Å². The number of rotatable bonds is 2. The fraction of sp³-hybridized carbons (Fsp3) is 0.214. The summed E-state index contributed by atoms with van der Waals surface area (Å²) >= 11 is 6.07. The first-order valence-electron chi connectivity index (χ1n) is 7.29. The lowest BCUT2D eigenvalue weighted by molar-refractivity contribution is 0.0998. The number of benzene rings is 1. The molecule has 1 heterocycles. The molecule has 162 valence electrons. The summed E-state index contributed by atoms with van der Waals surface area (Å²) in [5.41, 5.74) is 11.8. The highest BCUT2D eigenvalue weighted by Gasteiger charge is 2.16. The minimum atomic E-state index is -3.67. The van der Waals surface area contributed by atoms with E-state index in [1.807, 2.05) is 12.1 Å². The van der Waals surface area contributed by atoms with Gasteiger partial charge in [0.25, 0.3) is 20.2 Å². The minimum Gasteiger partial charge on any atom is -0.370 e. The molecule has 0 aliphatic carbocycles. The number of imidazole rings is 1. The lowest BCUT2D eigenvalue weighted by Crippen LogP contribution is -2.24. The quantitative estimate of drug-likeness (QED) is 0.232. The van der Waals surface area contributed by atoms with Crippen molar-refractivity contribution in [3.63, 3.8) is 0 Å². The summed E-state index contributed by atoms with van der Waals surface area (Å²) in [6, 6.07) is 7.19. The largest absolute Gasteiger partial charge is 0.370 e. The number of halogens is 1. The van der Waals surface area contributed by atoms with Crippen LogP contribution in [0.4, 0.5) is 0 Å². The fourth-order valence-electron chi connectivity index (χ4n) is 1.62. The van der Waals surface area contributed by atoms with Gasteiger partial charge in [0, 0.05) is 11.3 Å². The maximum absolute atomic E-state index is 11.7. The summed E-state index contributed by atoms with van der Waals surface area (Å²) in [5.74, 6) is -0.393. The Bertz CT molecular complexity index is 1050. The molecule has 7 N–H and O–H groups in total. The Kier molecular flexibility index (Phi) is 9.93. The molecule has 2 aromatic rings. The highest BCUT2D eigenvalue weighted by molar-refractivity contribution is 7.85. The van der Waals surface area contributed by atoms with E-state index in [9.17, 15) is 21.6 Å². The monoisotopic (exact) mass is 469 g/mol. The van der Waals surface area contributed by atoms with Gasteiger partial charge >= 0.3 is 5.91 Å². The third-order valence-electron chi connectivity index (χ3n) is 2.45. The maximum atomic E-state index is 11.7. The van der Waals surface area contributed by atoms with Crippen molar-refractivity contribution in [2.45, 2.75) is 6.92 Å². The molecule has 12 nitrogen and oxygen atoms in total. The third-order valence-corrected chi connectivity index (χ3v) is 2.78. The maximum Gasteiger partial charge on any atom is 0.300 e. The second-order valence-electron chi connectivity index (χ2n) is 5.35. The summed E-state index contributed by atoms with van der Waals surface area (Å²) in [5, 5.41) is 0.539. The molecule has 0 unspecified atom stereocenters. The fourth-order valence-corrected chi connectivity index (χ4v) is 1.84. The lowest BCUT2D eigenvalue weighted by atomic mass is 10.2. The second kappa shape index (κ2) is 10.9. The molecule has 29 heavy (non-hydrogen) atoms. The molecule has 0 saturated heterocycles. The molecule has 0 bridgehead atoms. The smallest absolute Gasteiger partial charge is 0.300 e. The molecule has 0 fully saturated rings. The Morgan fingerprint density at radius 1 is 1.10 bits per heavy atom. The SMILES string of the molecule is CS(=O)(=O)O.CS(=O)(=O)O.Cc1[nH]c(-c2ccccc2Cl)nc1C(=O)N=C(N)N. The molecule has 0 saturated carbocycles. The van der Waals surface area contributed by atoms with Crippen molar-refractivity contribution in [3.05, 3.63) is 40.7 Å². The molecule has 0 spiro atoms. The van der Waals surface area contributed by atoms with E-state index >= 15 is 0 Å². The summed E-state index contributed by atoms with van der Waals surface area (Å²) in [4.78, 5) is 22.4. The van der Waals surface area contributed by atoms with Gasteiger partial charge in [-0.25, -0.2) is 4.98 Å². The first-order valence-corrected chi connectivity index (χ1v) is 11.4. The molecular weight excluding hydrogens is 450 g/mol. The number of guanidine groups is 1. The highest BCUT2D eigenvalue weighted by atomic mass is 35.5. The summed E-state index contributed by atoms with van der Waals surface area (Å²) < 4.78 is 51.7. The van der Waals surface area contributed by atoms with Crippen molar-refractivity contribution in [2.24, 2.45) is 16.5 Å². The number of hydrogen-bond acceptors (Lipinski definition) is 6. The number of hydrogen-bond donors (Lipinski definition) is 5. The third kappa shape index (κ3) is 13.3. The molecule has 15 heteroatoms. The lowest BCUT2D eigenvalue weighted by Gasteiger charge is -1.98. The van der Waals surface area contributed by atoms with Crippen LogP contribution in [-0.2, 0) is 20.2 Å².